The van der Waals surface area contributed by atoms with Crippen molar-refractivity contribution in [3.63, 3.8) is 0 Å². The van der Waals surface area contributed by atoms with Gasteiger partial charge in [-0.15, -0.1) is 0 Å². The van der Waals surface area contributed by atoms with Gasteiger partial charge in [-0.25, -0.2) is 0 Å². The maximum Gasteiger partial charge on any atom is 0.125 e. The van der Waals surface area contributed by atoms with Crippen molar-refractivity contribution in [3.8, 4) is 0 Å². The summed E-state index contributed by atoms with van der Waals surface area (Å²) in [7, 11) is 0. The van der Waals surface area contributed by atoms with Crippen LogP contribution in [0.2, 0.25) is 0 Å². The largest absolute Gasteiger partial charge is 0.493 e. The van der Waals surface area contributed by atoms with E-state index in [1.807, 2.05) is 13.0 Å². The Bertz CT molecular complexity index is 142. The minimum Gasteiger partial charge on any atom is -0.493 e. The highest BCUT2D eigenvalue weighted by atomic mass is 16.5. The van der Waals surface area contributed by atoms with Crippen molar-refractivity contribution in [1.82, 2.24) is 0 Å². The van der Waals surface area contributed by atoms with Gasteiger partial charge in [0.1, 0.15) is 12.6 Å². The summed E-state index contributed by atoms with van der Waals surface area (Å²) in [6, 6.07) is 0. The van der Waals surface area contributed by atoms with Crippen LogP contribution >= 0.6 is 0 Å². The highest BCUT2D eigenvalue weighted by Gasteiger charge is 2.14. The maximum atomic E-state index is 9.71. The molecule has 0 saturated heterocycles. The average molecular weight is 127 g/mol. The predicted octanol–water partition coefficient (Wildman–Crippen LogP) is 1.45. The Morgan fingerprint density at radius 2 is 2.78 bits per heavy atom. The first-order valence-corrected chi connectivity index (χ1v) is 2.95. The average Bonchev–Trinajstić information content (AvgIpc) is 2.17. The van der Waals surface area contributed by atoms with Crippen LogP contribution in [-0.4, -0.2) is 12.6 Å². The zero-order chi connectivity index (χ0) is 6.69. The number of nitrogens with zero attached hydrogens (tertiary/aromatic N) is 1. The SMILES string of the molecule is CC1=CCC(CN=O)O1. The lowest BCUT2D eigenvalue weighted by Crippen LogP contribution is -2.08. The van der Waals surface area contributed by atoms with E-state index in [-0.39, 0.29) is 12.6 Å². The number of hydrogen-bond acceptors (Lipinski definition) is 3. The number of allylic oxidation sites excluding steroid dienone is 1. The van der Waals surface area contributed by atoms with E-state index in [0.717, 1.165) is 12.2 Å². The second-order valence-electron chi connectivity index (χ2n) is 2.10. The van der Waals surface area contributed by atoms with Gasteiger partial charge in [0.05, 0.1) is 5.76 Å². The summed E-state index contributed by atoms with van der Waals surface area (Å²) in [6.07, 6.45) is 2.82. The second kappa shape index (κ2) is 2.62. The predicted molar refractivity (Wildman–Crippen MR) is 33.9 cm³/mol. The molecule has 1 heterocycles. The van der Waals surface area contributed by atoms with Crippen molar-refractivity contribution in [2.45, 2.75) is 19.4 Å². The van der Waals surface area contributed by atoms with Crippen molar-refractivity contribution >= 4 is 0 Å². The van der Waals surface area contributed by atoms with Crippen LogP contribution in [0, 0.1) is 4.91 Å². The quantitative estimate of drug-likeness (QED) is 0.526. The van der Waals surface area contributed by atoms with Crippen LogP contribution in [0.5, 0.6) is 0 Å². The van der Waals surface area contributed by atoms with E-state index >= 15 is 0 Å². The van der Waals surface area contributed by atoms with Gasteiger partial charge in [0.15, 0.2) is 0 Å². The lowest BCUT2D eigenvalue weighted by atomic mass is 10.3. The molecule has 1 atom stereocenters. The van der Waals surface area contributed by atoms with Crippen LogP contribution in [0.3, 0.4) is 0 Å². The van der Waals surface area contributed by atoms with E-state index in [9.17, 15) is 4.91 Å². The Labute approximate surface area is 53.7 Å². The molecule has 1 unspecified atom stereocenters. The molecule has 0 N–H and O–H groups in total. The fourth-order valence-corrected chi connectivity index (χ4v) is 0.851. The summed E-state index contributed by atoms with van der Waals surface area (Å²) < 4.78 is 5.17. The minimum absolute atomic E-state index is 0.0162. The molecule has 50 valence electrons. The molecule has 0 saturated carbocycles. The van der Waals surface area contributed by atoms with Gasteiger partial charge in [0.25, 0.3) is 0 Å². The molecule has 0 radical (unpaired) electrons. The Hall–Kier alpha value is -0.860. The van der Waals surface area contributed by atoms with Crippen LogP contribution < -0.4 is 0 Å². The second-order valence-corrected chi connectivity index (χ2v) is 2.10. The molecule has 0 aromatic rings. The molecule has 1 aliphatic heterocycles. The van der Waals surface area contributed by atoms with Crippen molar-refractivity contribution in [3.05, 3.63) is 16.7 Å². The van der Waals surface area contributed by atoms with E-state index in [4.69, 9.17) is 4.74 Å². The van der Waals surface area contributed by atoms with Crippen LogP contribution in [0.15, 0.2) is 17.0 Å². The standard InChI is InChI=1S/C6H9NO2/c1-5-2-3-6(9-5)4-7-8/h2,6H,3-4H2,1H3. The van der Waals surface area contributed by atoms with Gasteiger partial charge in [-0.2, -0.15) is 4.91 Å². The van der Waals surface area contributed by atoms with E-state index in [1.54, 1.807) is 0 Å². The van der Waals surface area contributed by atoms with Crippen molar-refractivity contribution in [2.75, 3.05) is 6.54 Å². The van der Waals surface area contributed by atoms with Gasteiger partial charge in [-0.05, 0) is 13.0 Å². The third-order valence-corrected chi connectivity index (χ3v) is 1.30. The van der Waals surface area contributed by atoms with Crippen LogP contribution in [0.4, 0.5) is 0 Å². The molecule has 0 spiro atoms. The summed E-state index contributed by atoms with van der Waals surface area (Å²) in [6.45, 7) is 2.15. The smallest absolute Gasteiger partial charge is 0.125 e. The summed E-state index contributed by atoms with van der Waals surface area (Å²) in [5.41, 5.74) is 0. The van der Waals surface area contributed by atoms with Gasteiger partial charge in [-0.3, -0.25) is 0 Å². The van der Waals surface area contributed by atoms with Crippen LogP contribution in [0.25, 0.3) is 0 Å². The highest BCUT2D eigenvalue weighted by molar-refractivity contribution is 4.98. The topological polar surface area (TPSA) is 38.7 Å². The molecule has 0 aromatic carbocycles. The molecular formula is C6H9NO2. The van der Waals surface area contributed by atoms with Gasteiger partial charge in [0.2, 0.25) is 0 Å². The maximum absolute atomic E-state index is 9.71. The van der Waals surface area contributed by atoms with Crippen LogP contribution in [-0.2, 0) is 4.74 Å². The minimum atomic E-state index is 0.0162. The lowest BCUT2D eigenvalue weighted by Gasteiger charge is -2.05. The molecule has 1 aliphatic rings. The van der Waals surface area contributed by atoms with Gasteiger partial charge < -0.3 is 4.74 Å². The fourth-order valence-electron chi connectivity index (χ4n) is 0.851. The van der Waals surface area contributed by atoms with Crippen LogP contribution in [0.1, 0.15) is 13.3 Å². The zero-order valence-corrected chi connectivity index (χ0v) is 5.33. The van der Waals surface area contributed by atoms with Gasteiger partial charge in [0, 0.05) is 6.42 Å². The number of hydrogen-bond donors (Lipinski definition) is 0. The molecule has 3 heteroatoms. The molecule has 3 nitrogen and oxygen atoms in total. The summed E-state index contributed by atoms with van der Waals surface area (Å²) in [5.74, 6) is 0.906. The molecule has 0 aromatic heterocycles. The lowest BCUT2D eigenvalue weighted by molar-refractivity contribution is 0.152. The Morgan fingerprint density at radius 1 is 2.00 bits per heavy atom. The Morgan fingerprint density at radius 3 is 3.22 bits per heavy atom. The first kappa shape index (κ1) is 6.26. The van der Waals surface area contributed by atoms with Crippen molar-refractivity contribution in [1.29, 1.82) is 0 Å². The molecule has 9 heavy (non-hydrogen) atoms. The molecule has 0 amide bonds. The molecule has 0 aliphatic carbocycles. The normalized spacial score (nSPS) is 25.0. The third kappa shape index (κ3) is 1.52. The summed E-state index contributed by atoms with van der Waals surface area (Å²) >= 11 is 0. The van der Waals surface area contributed by atoms with Crippen molar-refractivity contribution < 1.29 is 4.74 Å². The Balaban J connectivity index is 2.28. The van der Waals surface area contributed by atoms with E-state index in [0.29, 0.717) is 0 Å². The number of nitroso groups, excluding NO2 is 1. The van der Waals surface area contributed by atoms with E-state index in [2.05, 4.69) is 5.18 Å². The molecule has 0 fully saturated rings. The fraction of sp³-hybridized carbons (Fsp3) is 0.667. The molecule has 1 rings (SSSR count). The summed E-state index contributed by atoms with van der Waals surface area (Å²) in [5, 5.41) is 2.74. The highest BCUT2D eigenvalue weighted by Crippen LogP contribution is 2.15. The first-order chi connectivity index (χ1) is 4.33. The monoisotopic (exact) mass is 127 g/mol. The zero-order valence-electron chi connectivity index (χ0n) is 5.33. The molecule has 0 bridgehead atoms. The van der Waals surface area contributed by atoms with E-state index < -0.39 is 0 Å². The van der Waals surface area contributed by atoms with Gasteiger partial charge >= 0.3 is 0 Å². The van der Waals surface area contributed by atoms with Crippen molar-refractivity contribution in [2.24, 2.45) is 5.18 Å². The third-order valence-electron chi connectivity index (χ3n) is 1.30. The van der Waals surface area contributed by atoms with Gasteiger partial charge in [-0.1, -0.05) is 5.18 Å². The summed E-state index contributed by atoms with van der Waals surface area (Å²) in [4.78, 5) is 9.71. The Kier molecular flexibility index (Phi) is 1.82. The molecular weight excluding hydrogens is 118 g/mol. The van der Waals surface area contributed by atoms with E-state index in [1.165, 1.54) is 0 Å². The number of ether oxygens (including phenoxy) is 1. The first-order valence-electron chi connectivity index (χ1n) is 2.95. The number of rotatable bonds is 2.